The molecule has 0 unspecified atom stereocenters. The number of carbonyl (C=O) groups is 1. The Kier molecular flexibility index (Phi) is 5.67. The topological polar surface area (TPSA) is 67.3 Å². The van der Waals surface area contributed by atoms with Gasteiger partial charge in [-0.2, -0.15) is 13.2 Å². The van der Waals surface area contributed by atoms with Crippen molar-refractivity contribution < 1.29 is 26.4 Å². The Hall–Kier alpha value is -3.20. The summed E-state index contributed by atoms with van der Waals surface area (Å²) in [5.41, 5.74) is 0.200. The highest BCUT2D eigenvalue weighted by atomic mass is 32.2. The fourth-order valence-electron chi connectivity index (χ4n) is 2.92. The number of anilines is 1. The Morgan fingerprint density at radius 1 is 1.03 bits per heavy atom. The number of pyridine rings is 1. The molecule has 0 N–H and O–H groups in total. The summed E-state index contributed by atoms with van der Waals surface area (Å²) in [6.45, 7) is 0. The van der Waals surface area contributed by atoms with Gasteiger partial charge in [0, 0.05) is 30.6 Å². The predicted octanol–water partition coefficient (Wildman–Crippen LogP) is 4.45. The zero-order valence-corrected chi connectivity index (χ0v) is 16.8. The third-order valence-electron chi connectivity index (χ3n) is 4.46. The molecule has 30 heavy (non-hydrogen) atoms. The number of halogens is 3. The number of carbonyl (C=O) groups excluding carboxylic acids is 1. The summed E-state index contributed by atoms with van der Waals surface area (Å²) >= 11 is 0. The highest BCUT2D eigenvalue weighted by Crippen LogP contribution is 2.34. The van der Waals surface area contributed by atoms with Crippen LogP contribution >= 0.6 is 0 Å². The summed E-state index contributed by atoms with van der Waals surface area (Å²) < 4.78 is 63.6. The minimum Gasteiger partial charge on any atom is -0.309 e. The lowest BCUT2D eigenvalue weighted by Crippen LogP contribution is -2.27. The lowest BCUT2D eigenvalue weighted by atomic mass is 10.0. The van der Waals surface area contributed by atoms with Gasteiger partial charge in [-0.1, -0.05) is 30.3 Å². The average Bonchev–Trinajstić information content (AvgIpc) is 2.71. The van der Waals surface area contributed by atoms with Crippen LogP contribution in [0, 0.1) is 0 Å². The number of sulfone groups is 1. The van der Waals surface area contributed by atoms with Gasteiger partial charge in [0.25, 0.3) is 5.91 Å². The van der Waals surface area contributed by atoms with Crippen molar-refractivity contribution in [2.24, 2.45) is 0 Å². The minimum atomic E-state index is -4.81. The number of aromatic nitrogens is 1. The quantitative estimate of drug-likeness (QED) is 0.609. The van der Waals surface area contributed by atoms with E-state index in [9.17, 15) is 26.4 Å². The van der Waals surface area contributed by atoms with Crippen LogP contribution in [-0.2, 0) is 16.0 Å². The summed E-state index contributed by atoms with van der Waals surface area (Å²) in [5.74, 6) is -0.795. The lowest BCUT2D eigenvalue weighted by Gasteiger charge is -2.21. The van der Waals surface area contributed by atoms with E-state index < -0.39 is 37.9 Å². The van der Waals surface area contributed by atoms with Gasteiger partial charge in [0.15, 0.2) is 9.84 Å². The second-order valence-electron chi connectivity index (χ2n) is 6.64. The van der Waals surface area contributed by atoms with Crippen molar-refractivity contribution in [3.8, 4) is 11.1 Å². The number of rotatable bonds is 4. The largest absolute Gasteiger partial charge is 0.416 e. The fourth-order valence-corrected chi connectivity index (χ4v) is 3.60. The van der Waals surface area contributed by atoms with E-state index in [1.165, 1.54) is 19.4 Å². The van der Waals surface area contributed by atoms with E-state index in [1.807, 2.05) is 30.3 Å². The Morgan fingerprint density at radius 2 is 1.70 bits per heavy atom. The minimum absolute atomic E-state index is 0.368. The van der Waals surface area contributed by atoms with Crippen molar-refractivity contribution >= 4 is 21.4 Å². The molecule has 0 saturated heterocycles. The van der Waals surface area contributed by atoms with Gasteiger partial charge in [0.05, 0.1) is 22.3 Å². The average molecular weight is 434 g/mol. The van der Waals surface area contributed by atoms with E-state index in [1.54, 1.807) is 6.07 Å². The SMILES string of the molecule is CN(C(=O)c1cc(C(F)(F)F)cc(S(C)(=O)=O)c1)c1cnccc1-c1ccccc1. The van der Waals surface area contributed by atoms with E-state index in [2.05, 4.69) is 4.98 Å². The van der Waals surface area contributed by atoms with Crippen LogP contribution in [0.2, 0.25) is 0 Å². The number of benzene rings is 2. The molecular formula is C21H17F3N2O3S. The highest BCUT2D eigenvalue weighted by Gasteiger charge is 2.33. The van der Waals surface area contributed by atoms with E-state index >= 15 is 0 Å². The zero-order chi connectivity index (χ0) is 22.1. The summed E-state index contributed by atoms with van der Waals surface area (Å²) in [6, 6.07) is 12.9. The Morgan fingerprint density at radius 3 is 2.30 bits per heavy atom. The normalized spacial score (nSPS) is 11.9. The number of nitrogens with zero attached hydrogens (tertiary/aromatic N) is 2. The molecule has 0 radical (unpaired) electrons. The number of alkyl halides is 3. The molecule has 156 valence electrons. The molecule has 3 aromatic rings. The molecule has 9 heteroatoms. The maximum Gasteiger partial charge on any atom is 0.416 e. The molecule has 0 spiro atoms. The van der Waals surface area contributed by atoms with Gasteiger partial charge in [-0.05, 0) is 29.8 Å². The molecule has 0 saturated carbocycles. The van der Waals surface area contributed by atoms with Crippen LogP contribution in [0.15, 0.2) is 71.9 Å². The monoisotopic (exact) mass is 434 g/mol. The number of hydrogen-bond acceptors (Lipinski definition) is 4. The molecule has 1 aromatic heterocycles. The first-order valence-electron chi connectivity index (χ1n) is 8.68. The summed E-state index contributed by atoms with van der Waals surface area (Å²) in [5, 5.41) is 0. The van der Waals surface area contributed by atoms with E-state index in [4.69, 9.17) is 0 Å². The first kappa shape index (κ1) is 21.5. The number of hydrogen-bond donors (Lipinski definition) is 0. The molecule has 2 aromatic carbocycles. The van der Waals surface area contributed by atoms with Gasteiger partial charge >= 0.3 is 6.18 Å². The first-order valence-corrected chi connectivity index (χ1v) is 10.6. The van der Waals surface area contributed by atoms with Crippen LogP contribution in [0.3, 0.4) is 0 Å². The molecule has 0 aliphatic rings. The summed E-state index contributed by atoms with van der Waals surface area (Å²) in [7, 11) is -2.57. The lowest BCUT2D eigenvalue weighted by molar-refractivity contribution is -0.137. The molecule has 0 aliphatic heterocycles. The van der Waals surface area contributed by atoms with Gasteiger partial charge in [-0.25, -0.2) is 8.42 Å². The highest BCUT2D eigenvalue weighted by molar-refractivity contribution is 7.90. The maximum absolute atomic E-state index is 13.3. The Labute approximate surface area is 171 Å². The standard InChI is InChI=1S/C21H17F3N2O3S/c1-26(19-13-25-9-8-18(19)14-6-4-3-5-7-14)20(27)15-10-16(21(22,23)24)12-17(11-15)30(2,28)29/h3-13H,1-2H3. The van der Waals surface area contributed by atoms with Crippen LogP contribution in [0.25, 0.3) is 11.1 Å². The Balaban J connectivity index is 2.10. The van der Waals surface area contributed by atoms with Crippen molar-refractivity contribution in [2.45, 2.75) is 11.1 Å². The van der Waals surface area contributed by atoms with Crippen LogP contribution in [0.1, 0.15) is 15.9 Å². The summed E-state index contributed by atoms with van der Waals surface area (Å²) in [6.07, 6.45) is -1.06. The molecule has 1 heterocycles. The molecule has 5 nitrogen and oxygen atoms in total. The third kappa shape index (κ3) is 4.51. The van der Waals surface area contributed by atoms with Crippen LogP contribution in [0.4, 0.5) is 18.9 Å². The van der Waals surface area contributed by atoms with E-state index in [0.717, 1.165) is 22.8 Å². The Bertz CT molecular complexity index is 1190. The second kappa shape index (κ2) is 7.91. The molecule has 0 atom stereocenters. The molecular weight excluding hydrogens is 417 g/mol. The molecule has 0 aliphatic carbocycles. The second-order valence-corrected chi connectivity index (χ2v) is 8.65. The molecule has 1 amide bonds. The fraction of sp³-hybridized carbons (Fsp3) is 0.143. The first-order chi connectivity index (χ1) is 14.0. The van der Waals surface area contributed by atoms with Crippen molar-refractivity contribution in [1.29, 1.82) is 0 Å². The zero-order valence-electron chi connectivity index (χ0n) is 16.0. The summed E-state index contributed by atoms with van der Waals surface area (Å²) in [4.78, 5) is 17.6. The van der Waals surface area contributed by atoms with Gasteiger partial charge in [-0.15, -0.1) is 0 Å². The predicted molar refractivity (Wildman–Crippen MR) is 107 cm³/mol. The van der Waals surface area contributed by atoms with Crippen LogP contribution in [-0.4, -0.2) is 32.6 Å². The molecule has 0 bridgehead atoms. The van der Waals surface area contributed by atoms with Gasteiger partial charge in [0.2, 0.25) is 0 Å². The van der Waals surface area contributed by atoms with Crippen molar-refractivity contribution in [1.82, 2.24) is 4.98 Å². The smallest absolute Gasteiger partial charge is 0.309 e. The van der Waals surface area contributed by atoms with Crippen molar-refractivity contribution in [3.63, 3.8) is 0 Å². The van der Waals surface area contributed by atoms with Gasteiger partial charge < -0.3 is 4.90 Å². The maximum atomic E-state index is 13.3. The number of amides is 1. The van der Waals surface area contributed by atoms with Gasteiger partial charge in [-0.3, -0.25) is 9.78 Å². The van der Waals surface area contributed by atoms with Gasteiger partial charge in [0.1, 0.15) is 0 Å². The van der Waals surface area contributed by atoms with Crippen molar-refractivity contribution in [3.05, 3.63) is 78.1 Å². The molecule has 0 fully saturated rings. The van der Waals surface area contributed by atoms with E-state index in [0.29, 0.717) is 23.4 Å². The van der Waals surface area contributed by atoms with Crippen molar-refractivity contribution in [2.75, 3.05) is 18.2 Å². The van der Waals surface area contributed by atoms with Crippen LogP contribution < -0.4 is 4.90 Å². The molecule has 3 rings (SSSR count). The van der Waals surface area contributed by atoms with E-state index in [-0.39, 0.29) is 0 Å². The van der Waals surface area contributed by atoms with Crippen LogP contribution in [0.5, 0.6) is 0 Å². The third-order valence-corrected chi connectivity index (χ3v) is 5.55.